The SMILES string of the molecule is COc1cc(/C=C(\C)C(=O)c2ccc3c(ccn3CCO[Si](C)(C)C(C)(C)C)c2)cc(OC)c1OC. The highest BCUT2D eigenvalue weighted by molar-refractivity contribution is 6.74. The molecule has 0 unspecified atom stereocenters. The predicted molar refractivity (Wildman–Crippen MR) is 149 cm³/mol. The van der Waals surface area contributed by atoms with Gasteiger partial charge in [-0.1, -0.05) is 20.8 Å². The van der Waals surface area contributed by atoms with Gasteiger partial charge in [-0.05, 0) is 78.7 Å². The van der Waals surface area contributed by atoms with E-state index in [1.807, 2.05) is 43.3 Å². The number of allylic oxidation sites excluding steroid dienone is 1. The van der Waals surface area contributed by atoms with Crippen LogP contribution in [0.1, 0.15) is 43.6 Å². The summed E-state index contributed by atoms with van der Waals surface area (Å²) in [6, 6.07) is 11.6. The van der Waals surface area contributed by atoms with Gasteiger partial charge in [-0.15, -0.1) is 0 Å². The Morgan fingerprint density at radius 1 is 0.972 bits per heavy atom. The summed E-state index contributed by atoms with van der Waals surface area (Å²) in [7, 11) is 2.93. The van der Waals surface area contributed by atoms with Crippen LogP contribution in [0.4, 0.5) is 0 Å². The number of ether oxygens (including phenoxy) is 3. The van der Waals surface area contributed by atoms with Crippen LogP contribution in [-0.4, -0.2) is 46.6 Å². The second kappa shape index (κ2) is 10.9. The third-order valence-corrected chi connectivity index (χ3v) is 11.6. The van der Waals surface area contributed by atoms with Crippen LogP contribution in [-0.2, 0) is 11.0 Å². The first-order chi connectivity index (χ1) is 16.9. The lowest BCUT2D eigenvalue weighted by Gasteiger charge is -2.36. The number of aromatic nitrogens is 1. The van der Waals surface area contributed by atoms with Crippen LogP contribution in [0.15, 0.2) is 48.2 Å². The van der Waals surface area contributed by atoms with Crippen LogP contribution < -0.4 is 14.2 Å². The van der Waals surface area contributed by atoms with Crippen molar-refractivity contribution in [2.45, 2.75) is 52.4 Å². The predicted octanol–water partition coefficient (Wildman–Crippen LogP) is 6.98. The van der Waals surface area contributed by atoms with Crippen LogP contribution >= 0.6 is 0 Å². The lowest BCUT2D eigenvalue weighted by Crippen LogP contribution is -2.41. The summed E-state index contributed by atoms with van der Waals surface area (Å²) in [6.45, 7) is 14.6. The number of benzene rings is 2. The Kier molecular flexibility index (Phi) is 8.36. The van der Waals surface area contributed by atoms with Crippen molar-refractivity contribution >= 4 is 31.1 Å². The number of nitrogens with zero attached hydrogens (tertiary/aromatic N) is 1. The number of fused-ring (bicyclic) bond motifs is 1. The minimum Gasteiger partial charge on any atom is -0.493 e. The third kappa shape index (κ3) is 5.85. The second-order valence-corrected chi connectivity index (χ2v) is 15.3. The zero-order chi connectivity index (χ0) is 26.7. The maximum absolute atomic E-state index is 13.2. The highest BCUT2D eigenvalue weighted by Crippen LogP contribution is 2.39. The van der Waals surface area contributed by atoms with E-state index in [1.165, 1.54) is 0 Å². The maximum Gasteiger partial charge on any atom is 0.203 e. The number of Topliss-reactive ketones (excluding diaryl/α,β-unsaturated/α-hetero) is 1. The first-order valence-corrected chi connectivity index (χ1v) is 15.1. The fourth-order valence-corrected chi connectivity index (χ4v) is 4.91. The molecule has 0 saturated heterocycles. The van der Waals surface area contributed by atoms with Crippen molar-refractivity contribution in [1.82, 2.24) is 4.57 Å². The molecular formula is C29H39NO5Si. The molecule has 0 spiro atoms. The number of hydrogen-bond acceptors (Lipinski definition) is 5. The molecule has 0 amide bonds. The van der Waals surface area contributed by atoms with E-state index < -0.39 is 8.32 Å². The van der Waals surface area contributed by atoms with Gasteiger partial charge in [-0.25, -0.2) is 0 Å². The number of carbonyl (C=O) groups is 1. The Morgan fingerprint density at radius 3 is 2.17 bits per heavy atom. The minimum absolute atomic E-state index is 0.0281. The first-order valence-electron chi connectivity index (χ1n) is 12.2. The average Bonchev–Trinajstić information content (AvgIpc) is 3.24. The van der Waals surface area contributed by atoms with E-state index in [0.29, 0.717) is 35.0 Å². The smallest absolute Gasteiger partial charge is 0.203 e. The molecule has 7 heteroatoms. The lowest BCUT2D eigenvalue weighted by atomic mass is 10.0. The van der Waals surface area contributed by atoms with E-state index in [9.17, 15) is 4.79 Å². The Balaban J connectivity index is 1.79. The van der Waals surface area contributed by atoms with Gasteiger partial charge in [0.1, 0.15) is 0 Å². The van der Waals surface area contributed by atoms with Crippen molar-refractivity contribution in [2.75, 3.05) is 27.9 Å². The molecule has 0 N–H and O–H groups in total. The normalized spacial score (nSPS) is 12.6. The van der Waals surface area contributed by atoms with Crippen LogP contribution in [0.2, 0.25) is 18.1 Å². The zero-order valence-electron chi connectivity index (χ0n) is 23.0. The van der Waals surface area contributed by atoms with Crippen LogP contribution in [0.25, 0.3) is 17.0 Å². The maximum atomic E-state index is 13.2. The minimum atomic E-state index is -1.78. The van der Waals surface area contributed by atoms with Gasteiger partial charge in [0.05, 0.1) is 27.9 Å². The van der Waals surface area contributed by atoms with E-state index in [0.717, 1.165) is 23.0 Å². The number of hydrogen-bond donors (Lipinski definition) is 0. The molecule has 1 aromatic heterocycles. The van der Waals surface area contributed by atoms with E-state index in [2.05, 4.69) is 50.7 Å². The third-order valence-electron chi connectivity index (χ3n) is 7.06. The molecule has 3 rings (SSSR count). The van der Waals surface area contributed by atoms with Crippen molar-refractivity contribution < 1.29 is 23.4 Å². The standard InChI is InChI=1S/C29H39NO5Si/c1-20(16-21-17-25(32-5)28(34-7)26(18-21)33-6)27(31)23-10-11-24-22(19-23)12-13-30(24)14-15-35-36(8,9)29(2,3)4/h10-13,16-19H,14-15H2,1-9H3/b20-16+. The van der Waals surface area contributed by atoms with Crippen LogP contribution in [0.5, 0.6) is 17.2 Å². The summed E-state index contributed by atoms with van der Waals surface area (Å²) >= 11 is 0. The Morgan fingerprint density at radius 2 is 1.61 bits per heavy atom. The van der Waals surface area contributed by atoms with E-state index in [4.69, 9.17) is 18.6 Å². The van der Waals surface area contributed by atoms with E-state index in [-0.39, 0.29) is 10.8 Å². The fourth-order valence-electron chi connectivity index (χ4n) is 3.88. The van der Waals surface area contributed by atoms with Gasteiger partial charge in [0, 0.05) is 29.2 Å². The molecule has 6 nitrogen and oxygen atoms in total. The van der Waals surface area contributed by atoms with Crippen molar-refractivity contribution in [1.29, 1.82) is 0 Å². The van der Waals surface area contributed by atoms with Crippen molar-refractivity contribution in [3.63, 3.8) is 0 Å². The largest absolute Gasteiger partial charge is 0.493 e. The monoisotopic (exact) mass is 509 g/mol. The molecule has 0 aliphatic heterocycles. The molecule has 0 atom stereocenters. The molecule has 194 valence electrons. The zero-order valence-corrected chi connectivity index (χ0v) is 24.0. The Labute approximate surface area is 215 Å². The summed E-state index contributed by atoms with van der Waals surface area (Å²) in [5, 5.41) is 1.22. The highest BCUT2D eigenvalue weighted by atomic mass is 28.4. The van der Waals surface area contributed by atoms with Gasteiger partial charge in [0.15, 0.2) is 25.6 Å². The molecule has 3 aromatic rings. The molecule has 0 fully saturated rings. The summed E-state index contributed by atoms with van der Waals surface area (Å²) < 4.78 is 24.8. The molecule has 0 saturated carbocycles. The summed E-state index contributed by atoms with van der Waals surface area (Å²) in [5.74, 6) is 1.58. The van der Waals surface area contributed by atoms with Crippen LogP contribution in [0.3, 0.4) is 0 Å². The van der Waals surface area contributed by atoms with E-state index in [1.54, 1.807) is 21.3 Å². The molecular weight excluding hydrogens is 470 g/mol. The van der Waals surface area contributed by atoms with E-state index >= 15 is 0 Å². The summed E-state index contributed by atoms with van der Waals surface area (Å²) in [4.78, 5) is 13.2. The summed E-state index contributed by atoms with van der Waals surface area (Å²) in [5.41, 5.74) is 3.16. The second-order valence-electron chi connectivity index (χ2n) is 10.5. The van der Waals surface area contributed by atoms with Crippen molar-refractivity contribution in [2.24, 2.45) is 0 Å². The molecule has 2 aromatic carbocycles. The van der Waals surface area contributed by atoms with Gasteiger partial charge in [0.25, 0.3) is 0 Å². The Hall–Kier alpha value is -3.03. The quantitative estimate of drug-likeness (QED) is 0.168. The summed E-state index contributed by atoms with van der Waals surface area (Å²) in [6.07, 6.45) is 3.90. The lowest BCUT2D eigenvalue weighted by molar-refractivity contribution is 0.103. The van der Waals surface area contributed by atoms with Crippen LogP contribution in [0, 0.1) is 0 Å². The van der Waals surface area contributed by atoms with Gasteiger partial charge in [0.2, 0.25) is 5.75 Å². The molecule has 0 radical (unpaired) electrons. The molecule has 1 heterocycles. The first kappa shape index (κ1) is 27.6. The fraction of sp³-hybridized carbons (Fsp3) is 0.414. The topological polar surface area (TPSA) is 58.9 Å². The van der Waals surface area contributed by atoms with Gasteiger partial charge < -0.3 is 23.2 Å². The van der Waals surface area contributed by atoms with Gasteiger partial charge >= 0.3 is 0 Å². The highest BCUT2D eigenvalue weighted by Gasteiger charge is 2.36. The van der Waals surface area contributed by atoms with Gasteiger partial charge in [-0.3, -0.25) is 4.79 Å². The number of rotatable bonds is 10. The molecule has 0 aliphatic rings. The number of ketones is 1. The Bertz CT molecular complexity index is 1240. The van der Waals surface area contributed by atoms with Crippen molar-refractivity contribution in [3.8, 4) is 17.2 Å². The molecule has 0 aliphatic carbocycles. The molecule has 36 heavy (non-hydrogen) atoms. The van der Waals surface area contributed by atoms with Gasteiger partial charge in [-0.2, -0.15) is 0 Å². The number of methoxy groups -OCH3 is 3. The molecule has 0 bridgehead atoms. The average molecular weight is 510 g/mol. The number of carbonyl (C=O) groups excluding carboxylic acids is 1. The van der Waals surface area contributed by atoms with Crippen molar-refractivity contribution in [3.05, 3.63) is 59.3 Å².